The molecule has 5 nitrogen and oxygen atoms in total. The molecule has 2 rings (SSSR count). The second-order valence-corrected chi connectivity index (χ2v) is 5.30. The van der Waals surface area contributed by atoms with Gasteiger partial charge in [-0.1, -0.05) is 36.4 Å². The van der Waals surface area contributed by atoms with Gasteiger partial charge in [0.05, 0.1) is 11.6 Å². The largest absolute Gasteiger partial charge is 0.453 e. The molecule has 122 valence electrons. The second-order valence-electron chi connectivity index (χ2n) is 5.30. The first-order chi connectivity index (χ1) is 11.6. The highest BCUT2D eigenvalue weighted by Crippen LogP contribution is 2.11. The molecular weight excluding hydrogens is 304 g/mol. The van der Waals surface area contributed by atoms with Crippen LogP contribution in [0.2, 0.25) is 0 Å². The zero-order chi connectivity index (χ0) is 17.4. The molecule has 0 saturated heterocycles. The van der Waals surface area contributed by atoms with E-state index in [1.807, 2.05) is 36.4 Å². The third kappa shape index (κ3) is 5.25. The normalized spacial score (nSPS) is 11.2. The maximum Gasteiger partial charge on any atom is 0.306 e. The minimum absolute atomic E-state index is 0.214. The number of anilines is 1. The van der Waals surface area contributed by atoms with E-state index in [-0.39, 0.29) is 6.42 Å². The molecule has 2 aromatic carbocycles. The molecule has 1 atom stereocenters. The molecule has 24 heavy (non-hydrogen) atoms. The Kier molecular flexibility index (Phi) is 6.09. The smallest absolute Gasteiger partial charge is 0.306 e. The second kappa shape index (κ2) is 8.49. The highest BCUT2D eigenvalue weighted by atomic mass is 16.5. The number of carbonyl (C=O) groups excluding carboxylic acids is 2. The summed E-state index contributed by atoms with van der Waals surface area (Å²) in [6.07, 6.45) is -0.122. The van der Waals surface area contributed by atoms with E-state index in [0.717, 1.165) is 5.56 Å². The van der Waals surface area contributed by atoms with Crippen molar-refractivity contribution in [2.75, 3.05) is 5.32 Å². The van der Waals surface area contributed by atoms with Gasteiger partial charge in [0.1, 0.15) is 0 Å². The molecule has 0 aliphatic carbocycles. The Morgan fingerprint density at radius 1 is 1.17 bits per heavy atom. The number of hydrogen-bond acceptors (Lipinski definition) is 4. The van der Waals surface area contributed by atoms with Crippen LogP contribution in [0.15, 0.2) is 54.6 Å². The Labute approximate surface area is 140 Å². The molecule has 0 aromatic heterocycles. The third-order valence-corrected chi connectivity index (χ3v) is 3.40. The standard InChI is InChI=1S/C19H18N2O3/c1-14(19(23)21-17-9-5-8-16(12-17)13-20)24-18(22)11-10-15-6-3-2-4-7-15/h2-9,12,14H,10-11H2,1H3,(H,21,23)/t14-/m1/s1. The first-order valence-corrected chi connectivity index (χ1v) is 7.63. The van der Waals surface area contributed by atoms with Gasteiger partial charge in [0.25, 0.3) is 5.91 Å². The fraction of sp³-hybridized carbons (Fsp3) is 0.211. The molecule has 5 heteroatoms. The summed E-state index contributed by atoms with van der Waals surface area (Å²) < 4.78 is 5.15. The topological polar surface area (TPSA) is 79.2 Å². The molecule has 0 bridgehead atoms. The van der Waals surface area contributed by atoms with Crippen molar-refractivity contribution >= 4 is 17.6 Å². The lowest BCUT2D eigenvalue weighted by molar-refractivity contribution is -0.153. The SMILES string of the molecule is C[C@@H](OC(=O)CCc1ccccc1)C(=O)Nc1cccc(C#N)c1. The van der Waals surface area contributed by atoms with Crippen molar-refractivity contribution in [2.45, 2.75) is 25.9 Å². The van der Waals surface area contributed by atoms with Crippen LogP contribution in [0.1, 0.15) is 24.5 Å². The van der Waals surface area contributed by atoms with Gasteiger partial charge in [0, 0.05) is 12.1 Å². The average Bonchev–Trinajstić information content (AvgIpc) is 2.61. The number of ether oxygens (including phenoxy) is 1. The fourth-order valence-electron chi connectivity index (χ4n) is 2.11. The van der Waals surface area contributed by atoms with Crippen LogP contribution < -0.4 is 5.32 Å². The number of nitriles is 1. The minimum Gasteiger partial charge on any atom is -0.453 e. The van der Waals surface area contributed by atoms with Gasteiger partial charge in [0.2, 0.25) is 0 Å². The number of nitrogens with one attached hydrogen (secondary N) is 1. The maximum absolute atomic E-state index is 12.1. The molecule has 0 aliphatic rings. The Bertz CT molecular complexity index is 751. The van der Waals surface area contributed by atoms with Crippen LogP contribution in [-0.4, -0.2) is 18.0 Å². The summed E-state index contributed by atoms with van der Waals surface area (Å²) in [7, 11) is 0. The molecule has 0 unspecified atom stereocenters. The first-order valence-electron chi connectivity index (χ1n) is 7.63. The molecule has 0 spiro atoms. The Balaban J connectivity index is 1.82. The number of benzene rings is 2. The molecule has 0 heterocycles. The first kappa shape index (κ1) is 17.2. The molecule has 0 fully saturated rings. The Morgan fingerprint density at radius 3 is 2.62 bits per heavy atom. The van der Waals surface area contributed by atoms with Crippen molar-refractivity contribution in [1.82, 2.24) is 0 Å². The summed E-state index contributed by atoms with van der Waals surface area (Å²) in [6.45, 7) is 1.52. The third-order valence-electron chi connectivity index (χ3n) is 3.40. The lowest BCUT2D eigenvalue weighted by Crippen LogP contribution is -2.30. The van der Waals surface area contributed by atoms with Crippen LogP contribution in [0.3, 0.4) is 0 Å². The van der Waals surface area contributed by atoms with Gasteiger partial charge in [-0.25, -0.2) is 0 Å². The maximum atomic E-state index is 12.1. The minimum atomic E-state index is -0.904. The number of amides is 1. The van der Waals surface area contributed by atoms with Gasteiger partial charge in [-0.2, -0.15) is 5.26 Å². The summed E-state index contributed by atoms with van der Waals surface area (Å²) in [5.74, 6) is -0.856. The molecule has 0 saturated carbocycles. The molecular formula is C19H18N2O3. The highest BCUT2D eigenvalue weighted by Gasteiger charge is 2.18. The average molecular weight is 322 g/mol. The van der Waals surface area contributed by atoms with Gasteiger partial charge in [0.15, 0.2) is 6.10 Å². The number of nitrogens with zero attached hydrogens (tertiary/aromatic N) is 1. The van der Waals surface area contributed by atoms with Crippen LogP contribution in [0.4, 0.5) is 5.69 Å². The van der Waals surface area contributed by atoms with Crippen LogP contribution in [0.25, 0.3) is 0 Å². The van der Waals surface area contributed by atoms with Crippen LogP contribution in [0.5, 0.6) is 0 Å². The van der Waals surface area contributed by atoms with E-state index in [9.17, 15) is 9.59 Å². The monoisotopic (exact) mass is 322 g/mol. The van der Waals surface area contributed by atoms with Gasteiger partial charge >= 0.3 is 5.97 Å². The van der Waals surface area contributed by atoms with E-state index in [0.29, 0.717) is 17.7 Å². The van der Waals surface area contributed by atoms with Crippen molar-refractivity contribution in [3.05, 3.63) is 65.7 Å². The Morgan fingerprint density at radius 2 is 1.92 bits per heavy atom. The number of aryl methyl sites for hydroxylation is 1. The van der Waals surface area contributed by atoms with Crippen LogP contribution in [-0.2, 0) is 20.7 Å². The van der Waals surface area contributed by atoms with Gasteiger partial charge in [-0.3, -0.25) is 9.59 Å². The lowest BCUT2D eigenvalue weighted by Gasteiger charge is -2.13. The summed E-state index contributed by atoms with van der Waals surface area (Å²) in [5, 5.41) is 11.5. The predicted molar refractivity (Wildman–Crippen MR) is 90.1 cm³/mol. The summed E-state index contributed by atoms with van der Waals surface area (Å²) in [4.78, 5) is 23.9. The van der Waals surface area contributed by atoms with Crippen LogP contribution >= 0.6 is 0 Å². The highest BCUT2D eigenvalue weighted by molar-refractivity contribution is 5.95. The number of carbonyl (C=O) groups is 2. The zero-order valence-corrected chi connectivity index (χ0v) is 13.4. The van der Waals surface area contributed by atoms with E-state index < -0.39 is 18.0 Å². The van der Waals surface area contributed by atoms with Crippen molar-refractivity contribution in [3.63, 3.8) is 0 Å². The van der Waals surface area contributed by atoms with Crippen LogP contribution in [0, 0.1) is 11.3 Å². The van der Waals surface area contributed by atoms with Crippen molar-refractivity contribution in [2.24, 2.45) is 0 Å². The van der Waals surface area contributed by atoms with Gasteiger partial charge < -0.3 is 10.1 Å². The van der Waals surface area contributed by atoms with E-state index in [2.05, 4.69) is 5.32 Å². The molecule has 1 amide bonds. The van der Waals surface area contributed by atoms with Gasteiger partial charge in [-0.15, -0.1) is 0 Å². The van der Waals surface area contributed by atoms with E-state index >= 15 is 0 Å². The van der Waals surface area contributed by atoms with Gasteiger partial charge in [-0.05, 0) is 37.1 Å². The van der Waals surface area contributed by atoms with Crippen molar-refractivity contribution < 1.29 is 14.3 Å². The molecule has 0 aliphatic heterocycles. The Hall–Kier alpha value is -3.13. The number of esters is 1. The predicted octanol–water partition coefficient (Wildman–Crippen LogP) is 3.06. The summed E-state index contributed by atoms with van der Waals surface area (Å²) >= 11 is 0. The summed E-state index contributed by atoms with van der Waals surface area (Å²) in [5.41, 5.74) is 1.98. The van der Waals surface area contributed by atoms with Crippen molar-refractivity contribution in [3.8, 4) is 6.07 Å². The van der Waals surface area contributed by atoms with E-state index in [1.165, 1.54) is 6.92 Å². The zero-order valence-electron chi connectivity index (χ0n) is 13.4. The fourth-order valence-corrected chi connectivity index (χ4v) is 2.11. The molecule has 2 aromatic rings. The molecule has 0 radical (unpaired) electrons. The lowest BCUT2D eigenvalue weighted by atomic mass is 10.1. The number of hydrogen-bond donors (Lipinski definition) is 1. The summed E-state index contributed by atoms with van der Waals surface area (Å²) in [6, 6.07) is 18.1. The molecule has 1 N–H and O–H groups in total. The van der Waals surface area contributed by atoms with E-state index in [1.54, 1.807) is 24.3 Å². The van der Waals surface area contributed by atoms with E-state index in [4.69, 9.17) is 10.00 Å². The number of rotatable bonds is 6. The van der Waals surface area contributed by atoms with Crippen molar-refractivity contribution in [1.29, 1.82) is 5.26 Å². The quantitative estimate of drug-likeness (QED) is 0.829.